The highest BCUT2D eigenvalue weighted by atomic mass is 35.6. The minimum Gasteiger partial charge on any atom is -0.368 e. The Morgan fingerprint density at radius 1 is 0.611 bits per heavy atom. The Morgan fingerprint density at radius 3 is 1.53 bits per heavy atom. The van der Waals surface area contributed by atoms with Crippen molar-refractivity contribution < 1.29 is 23.7 Å². The van der Waals surface area contributed by atoms with E-state index in [0.717, 1.165) is 16.7 Å². The zero-order valence-corrected chi connectivity index (χ0v) is 21.9. The fourth-order valence-corrected chi connectivity index (χ4v) is 4.08. The van der Waals surface area contributed by atoms with Gasteiger partial charge in [0.05, 0.1) is 33.0 Å². The molecule has 0 amide bonds. The van der Waals surface area contributed by atoms with Gasteiger partial charge in [-0.05, 0) is 16.7 Å². The molecule has 0 bridgehead atoms. The molecule has 192 valence electrons. The first-order valence-electron chi connectivity index (χ1n) is 11.7. The topological polar surface area (TPSA) is 46.2 Å². The van der Waals surface area contributed by atoms with Crippen LogP contribution in [0.15, 0.2) is 91.0 Å². The van der Waals surface area contributed by atoms with Gasteiger partial charge in [-0.25, -0.2) is 0 Å². The number of ether oxygens (including phenoxy) is 5. The third-order valence-electron chi connectivity index (χ3n) is 5.67. The van der Waals surface area contributed by atoms with Crippen LogP contribution in [0.1, 0.15) is 16.7 Å². The van der Waals surface area contributed by atoms with Crippen LogP contribution in [-0.4, -0.2) is 41.6 Å². The predicted octanol–water partition coefficient (Wildman–Crippen LogP) is 6.49. The summed E-state index contributed by atoms with van der Waals surface area (Å²) in [6.45, 7) is 1.19. The average molecular weight is 552 g/mol. The lowest BCUT2D eigenvalue weighted by Gasteiger charge is -2.42. The first kappa shape index (κ1) is 27.4. The SMILES string of the molecule is ClC(Cl)(Cl)CO[C@@H]1OC[C@@H](OCc2ccccc2)[C@H](OCc2ccccc2)[C@@H]1OCc1ccccc1. The van der Waals surface area contributed by atoms with E-state index in [1.165, 1.54) is 0 Å². The number of benzene rings is 3. The summed E-state index contributed by atoms with van der Waals surface area (Å²) in [5, 5.41) is 0. The molecule has 4 rings (SSSR count). The molecule has 0 N–H and O–H groups in total. The van der Waals surface area contributed by atoms with Crippen LogP contribution in [0.4, 0.5) is 0 Å². The third kappa shape index (κ3) is 8.72. The van der Waals surface area contributed by atoms with E-state index in [1.54, 1.807) is 0 Å². The summed E-state index contributed by atoms with van der Waals surface area (Å²) < 4.78 is 29.4. The highest BCUT2D eigenvalue weighted by Gasteiger charge is 2.44. The first-order chi connectivity index (χ1) is 17.5. The van der Waals surface area contributed by atoms with E-state index in [4.69, 9.17) is 58.5 Å². The minimum absolute atomic E-state index is 0.158. The van der Waals surface area contributed by atoms with E-state index in [1.807, 2.05) is 91.0 Å². The summed E-state index contributed by atoms with van der Waals surface area (Å²) in [7, 11) is 0. The zero-order chi connectivity index (χ0) is 25.2. The number of alkyl halides is 3. The molecule has 1 aliphatic heterocycles. The van der Waals surface area contributed by atoms with Crippen molar-refractivity contribution in [1.82, 2.24) is 0 Å². The van der Waals surface area contributed by atoms with Gasteiger partial charge in [-0.1, -0.05) is 126 Å². The second-order valence-electron chi connectivity index (χ2n) is 8.49. The van der Waals surface area contributed by atoms with Crippen molar-refractivity contribution in [3.05, 3.63) is 108 Å². The highest BCUT2D eigenvalue weighted by molar-refractivity contribution is 6.67. The number of rotatable bonds is 11. The standard InChI is InChI=1S/C28H29Cl3O5/c29-28(30,31)20-36-27-26(34-18-23-14-8-3-9-15-23)25(33-17-22-12-6-2-7-13-22)24(19-35-27)32-16-21-10-4-1-5-11-21/h1-15,24-27H,16-20H2/t24-,25+,26+,27+/m1/s1. The largest absolute Gasteiger partial charge is 0.368 e. The first-order valence-corrected chi connectivity index (χ1v) is 12.9. The summed E-state index contributed by atoms with van der Waals surface area (Å²) in [5.41, 5.74) is 3.09. The van der Waals surface area contributed by atoms with E-state index in [2.05, 4.69) is 0 Å². The van der Waals surface area contributed by atoms with Crippen LogP contribution in [0.5, 0.6) is 0 Å². The summed E-state index contributed by atoms with van der Waals surface area (Å²) in [5.74, 6) is 0. The van der Waals surface area contributed by atoms with Crippen molar-refractivity contribution in [3.63, 3.8) is 0 Å². The van der Waals surface area contributed by atoms with Gasteiger partial charge in [0.2, 0.25) is 3.79 Å². The quantitative estimate of drug-likeness (QED) is 0.255. The Labute approximate surface area is 227 Å². The third-order valence-corrected chi connectivity index (χ3v) is 6.00. The van der Waals surface area contributed by atoms with Crippen molar-refractivity contribution in [2.45, 2.75) is 48.2 Å². The van der Waals surface area contributed by atoms with Crippen molar-refractivity contribution in [1.29, 1.82) is 0 Å². The molecule has 0 unspecified atom stereocenters. The number of hydrogen-bond acceptors (Lipinski definition) is 5. The smallest absolute Gasteiger partial charge is 0.213 e. The molecule has 0 radical (unpaired) electrons. The monoisotopic (exact) mass is 550 g/mol. The van der Waals surface area contributed by atoms with Gasteiger partial charge in [-0.15, -0.1) is 0 Å². The number of hydrogen-bond donors (Lipinski definition) is 0. The van der Waals surface area contributed by atoms with Gasteiger partial charge < -0.3 is 23.7 Å². The molecule has 3 aromatic rings. The van der Waals surface area contributed by atoms with Gasteiger partial charge >= 0.3 is 0 Å². The summed E-state index contributed by atoms with van der Waals surface area (Å²) in [6.07, 6.45) is -2.33. The molecular formula is C28H29Cl3O5. The van der Waals surface area contributed by atoms with Crippen molar-refractivity contribution in [3.8, 4) is 0 Å². The van der Waals surface area contributed by atoms with Crippen LogP contribution in [0, 0.1) is 0 Å². The van der Waals surface area contributed by atoms with Crippen LogP contribution in [0.3, 0.4) is 0 Å². The summed E-state index contributed by atoms with van der Waals surface area (Å²) >= 11 is 17.9. The van der Waals surface area contributed by atoms with Crippen LogP contribution >= 0.6 is 34.8 Å². The lowest BCUT2D eigenvalue weighted by atomic mass is 10.0. The van der Waals surface area contributed by atoms with Gasteiger partial charge in [-0.3, -0.25) is 0 Å². The van der Waals surface area contributed by atoms with E-state index >= 15 is 0 Å². The van der Waals surface area contributed by atoms with Gasteiger partial charge in [0.1, 0.15) is 18.3 Å². The molecule has 4 atom stereocenters. The molecule has 0 aliphatic carbocycles. The van der Waals surface area contributed by atoms with Crippen molar-refractivity contribution in [2.75, 3.05) is 13.2 Å². The second kappa shape index (κ2) is 13.8. The molecular weight excluding hydrogens is 523 g/mol. The van der Waals surface area contributed by atoms with Gasteiger partial charge in [0.15, 0.2) is 6.29 Å². The summed E-state index contributed by atoms with van der Waals surface area (Å²) in [4.78, 5) is 0. The van der Waals surface area contributed by atoms with Crippen molar-refractivity contribution >= 4 is 34.8 Å². The maximum Gasteiger partial charge on any atom is 0.213 e. The Hall–Kier alpha value is -1.67. The Morgan fingerprint density at radius 2 is 1.06 bits per heavy atom. The fraction of sp³-hybridized carbons (Fsp3) is 0.357. The Balaban J connectivity index is 1.53. The highest BCUT2D eigenvalue weighted by Crippen LogP contribution is 2.31. The van der Waals surface area contributed by atoms with Crippen molar-refractivity contribution in [2.24, 2.45) is 0 Å². The minimum atomic E-state index is -1.59. The van der Waals surface area contributed by atoms with E-state index in [-0.39, 0.29) is 13.2 Å². The molecule has 0 spiro atoms. The fourth-order valence-electron chi connectivity index (χ4n) is 3.89. The maximum absolute atomic E-state index is 6.42. The van der Waals surface area contributed by atoms with Gasteiger partial charge in [-0.2, -0.15) is 0 Å². The van der Waals surface area contributed by atoms with Crippen LogP contribution in [0.25, 0.3) is 0 Å². The second-order valence-corrected chi connectivity index (χ2v) is 11.0. The predicted molar refractivity (Wildman–Crippen MR) is 141 cm³/mol. The zero-order valence-electron chi connectivity index (χ0n) is 19.7. The normalized spacial score (nSPS) is 22.4. The number of halogens is 3. The Bertz CT molecular complexity index is 1020. The van der Waals surface area contributed by atoms with Crippen LogP contribution in [-0.2, 0) is 43.5 Å². The van der Waals surface area contributed by atoms with Crippen LogP contribution < -0.4 is 0 Å². The summed E-state index contributed by atoms with van der Waals surface area (Å²) in [6, 6.07) is 29.8. The molecule has 5 nitrogen and oxygen atoms in total. The molecule has 36 heavy (non-hydrogen) atoms. The molecule has 1 heterocycles. The van der Waals surface area contributed by atoms with E-state index in [0.29, 0.717) is 19.8 Å². The van der Waals surface area contributed by atoms with E-state index < -0.39 is 28.4 Å². The molecule has 1 fully saturated rings. The van der Waals surface area contributed by atoms with Gasteiger partial charge in [0.25, 0.3) is 0 Å². The molecule has 0 aromatic heterocycles. The maximum atomic E-state index is 6.42. The molecule has 8 heteroatoms. The van der Waals surface area contributed by atoms with Crippen LogP contribution in [0.2, 0.25) is 0 Å². The molecule has 1 aliphatic rings. The average Bonchev–Trinajstić information content (AvgIpc) is 2.90. The lowest BCUT2D eigenvalue weighted by molar-refractivity contribution is -0.299. The Kier molecular flexibility index (Phi) is 10.5. The molecule has 3 aromatic carbocycles. The molecule has 0 saturated carbocycles. The van der Waals surface area contributed by atoms with Gasteiger partial charge in [0, 0.05) is 0 Å². The molecule has 1 saturated heterocycles. The lowest BCUT2D eigenvalue weighted by Crippen LogP contribution is -2.57. The van der Waals surface area contributed by atoms with E-state index in [9.17, 15) is 0 Å².